The molecule has 0 rings (SSSR count). The molecule has 5 heteroatoms. The maximum Gasteiger partial charge on any atom is 0.335 e. The van der Waals surface area contributed by atoms with Crippen molar-refractivity contribution in [1.82, 2.24) is 0 Å². The number of rotatable bonds is 5. The van der Waals surface area contributed by atoms with E-state index in [4.69, 9.17) is 13.0 Å². The summed E-state index contributed by atoms with van der Waals surface area (Å²) in [7, 11) is 0. The zero-order chi connectivity index (χ0) is 10.4. The number of aliphatic carboxylic acids is 1. The van der Waals surface area contributed by atoms with E-state index in [-0.39, 0.29) is 6.05 Å². The fourth-order valence-corrected chi connectivity index (χ4v) is 0.626. The fourth-order valence-electron chi connectivity index (χ4n) is 0.356. The number of carboxylic acid groups (broad SMARTS) is 1. The van der Waals surface area contributed by atoms with Crippen molar-refractivity contribution in [2.24, 2.45) is 0 Å². The molecular weight excluding hydrogens is 168 g/mol. The smallest absolute Gasteiger partial charge is 0.335 e. The monoisotopic (exact) mass is 180 g/mol. The molecular formula is C6H10O4S. The molecule has 0 aromatic rings. The lowest BCUT2D eigenvalue weighted by Crippen LogP contribution is -2.31. The van der Waals surface area contributed by atoms with Gasteiger partial charge in [0.15, 0.2) is 6.10 Å². The molecule has 64 valence electrons. The molecule has 0 amide bonds. The highest BCUT2D eigenvalue weighted by atomic mass is 32.2. The van der Waals surface area contributed by atoms with E-state index in [1.165, 1.54) is 17.2 Å². The Hall–Kier alpha value is -0.520. The van der Waals surface area contributed by atoms with Gasteiger partial charge in [0.1, 0.15) is 6.10 Å². The summed E-state index contributed by atoms with van der Waals surface area (Å²) < 4.78 is 13.7. The predicted octanol–water partition coefficient (Wildman–Crippen LogP) is -0.330. The van der Waals surface area contributed by atoms with E-state index in [1.807, 2.05) is 0 Å². The van der Waals surface area contributed by atoms with Gasteiger partial charge in [-0.2, -0.15) is 0 Å². The zero-order valence-corrected chi connectivity index (χ0v) is 6.67. The van der Waals surface area contributed by atoms with Crippen LogP contribution in [0.15, 0.2) is 11.5 Å². The van der Waals surface area contributed by atoms with Gasteiger partial charge in [0.2, 0.25) is 1.43 Å². The first-order chi connectivity index (χ1) is 6.04. The molecule has 11 heavy (non-hydrogen) atoms. The molecule has 2 atom stereocenters. The summed E-state index contributed by atoms with van der Waals surface area (Å²) in [5.41, 5.74) is 0. The van der Waals surface area contributed by atoms with Crippen LogP contribution in [0.4, 0.5) is 0 Å². The Kier molecular flexibility index (Phi) is 3.36. The molecule has 0 fully saturated rings. The van der Waals surface area contributed by atoms with Gasteiger partial charge in [-0.05, 0) is 17.7 Å². The fraction of sp³-hybridized carbons (Fsp3) is 0.500. The zero-order valence-electron chi connectivity index (χ0n) is 7.85. The minimum Gasteiger partial charge on any atom is -0.479 e. The van der Waals surface area contributed by atoms with E-state index in [2.05, 4.69) is 5.11 Å². The van der Waals surface area contributed by atoms with Crippen molar-refractivity contribution < 1.29 is 21.5 Å². The molecule has 0 aliphatic heterocycles. The van der Waals surface area contributed by atoms with Crippen molar-refractivity contribution in [2.45, 2.75) is 12.2 Å². The minimum absolute atomic E-state index is 0.239. The second kappa shape index (κ2) is 5.17. The Labute approximate surface area is 71.4 Å². The van der Waals surface area contributed by atoms with Crippen molar-refractivity contribution in [3.8, 4) is 0 Å². The van der Waals surface area contributed by atoms with E-state index < -0.39 is 18.2 Å². The van der Waals surface area contributed by atoms with Gasteiger partial charge in [-0.1, -0.05) is 0 Å². The summed E-state index contributed by atoms with van der Waals surface area (Å²) in [6, 6.07) is -0.239. The quantitative estimate of drug-likeness (QED) is 0.540. The van der Waals surface area contributed by atoms with Crippen molar-refractivity contribution in [3.63, 3.8) is 0 Å². The average molecular weight is 180 g/mol. The Morgan fingerprint density at radius 1 is 1.91 bits per heavy atom. The van der Waals surface area contributed by atoms with E-state index in [0.29, 0.717) is 0 Å². The highest BCUT2D eigenvalue weighted by Gasteiger charge is 2.20. The van der Waals surface area contributed by atoms with Crippen molar-refractivity contribution in [3.05, 3.63) is 11.5 Å². The van der Waals surface area contributed by atoms with Crippen molar-refractivity contribution in [2.75, 3.05) is 6.26 Å². The Bertz CT molecular complexity index is 209. The van der Waals surface area contributed by atoms with E-state index in [9.17, 15) is 4.79 Å². The molecule has 0 heterocycles. The number of thioether (sulfide) groups is 1. The van der Waals surface area contributed by atoms with Gasteiger partial charge < -0.3 is 15.3 Å². The van der Waals surface area contributed by atoms with Gasteiger partial charge in [-0.15, -0.1) is 11.8 Å². The topological polar surface area (TPSA) is 77.8 Å². The van der Waals surface area contributed by atoms with Crippen LogP contribution in [-0.2, 0) is 4.79 Å². The molecule has 2 unspecified atom stereocenters. The summed E-state index contributed by atoms with van der Waals surface area (Å²) in [5, 5.41) is 22.6. The lowest BCUT2D eigenvalue weighted by atomic mass is 10.2. The van der Waals surface area contributed by atoms with Gasteiger partial charge >= 0.3 is 5.97 Å². The molecule has 4 nitrogen and oxygen atoms in total. The van der Waals surface area contributed by atoms with Crippen LogP contribution in [0.2, 0.25) is 0 Å². The Morgan fingerprint density at radius 3 is 2.91 bits per heavy atom. The first-order valence-electron chi connectivity index (χ1n) is 3.67. The third kappa shape index (κ3) is 4.02. The molecule has 0 saturated carbocycles. The molecule has 0 aliphatic carbocycles. The van der Waals surface area contributed by atoms with Crippen LogP contribution in [0.1, 0.15) is 1.37 Å². The number of hydrogen-bond donors (Lipinski definition) is 3. The van der Waals surface area contributed by atoms with Crippen molar-refractivity contribution >= 4 is 17.7 Å². The van der Waals surface area contributed by atoms with Crippen LogP contribution in [0.25, 0.3) is 0 Å². The van der Waals surface area contributed by atoms with Crippen LogP contribution < -0.4 is 0 Å². The number of aliphatic hydroxyl groups is 2. The molecule has 3 N–H and O–H groups in total. The average Bonchev–Trinajstić information content (AvgIpc) is 2.05. The number of carbonyl (C=O) groups is 1. The largest absolute Gasteiger partial charge is 0.479 e. The number of hydrogen-bond acceptors (Lipinski definition) is 4. The highest BCUT2D eigenvalue weighted by molar-refractivity contribution is 8.01. The third-order valence-electron chi connectivity index (χ3n) is 0.890. The van der Waals surface area contributed by atoms with Crippen LogP contribution >= 0.6 is 11.8 Å². The second-order valence-electron chi connectivity index (χ2n) is 1.72. The van der Waals surface area contributed by atoms with Gasteiger partial charge in [0, 0.05) is 0 Å². The highest BCUT2D eigenvalue weighted by Crippen LogP contribution is 2.00. The summed E-state index contributed by atoms with van der Waals surface area (Å²) in [6.45, 7) is 0. The second-order valence-corrected chi connectivity index (χ2v) is 2.43. The summed E-state index contributed by atoms with van der Waals surface area (Å²) in [6.07, 6.45) is -1.65. The number of carboxylic acids is 1. The van der Waals surface area contributed by atoms with E-state index in [0.717, 1.165) is 0 Å². The van der Waals surface area contributed by atoms with Gasteiger partial charge in [0.25, 0.3) is 0 Å². The normalized spacial score (nSPS) is 20.0. The molecule has 0 saturated heterocycles. The number of aliphatic hydroxyl groups excluding tert-OH is 2. The minimum atomic E-state index is -1.88. The van der Waals surface area contributed by atoms with Crippen molar-refractivity contribution in [1.29, 1.82) is 1.43 Å². The SMILES string of the molecule is [2H]OC(/C([2H])=C/SC)C(O)C(=O)O. The third-order valence-corrected chi connectivity index (χ3v) is 1.26. The Balaban J connectivity index is 4.50. The first kappa shape index (κ1) is 7.15. The van der Waals surface area contributed by atoms with Gasteiger partial charge in [-0.25, -0.2) is 4.79 Å². The lowest BCUT2D eigenvalue weighted by Gasteiger charge is -2.08. The molecule has 0 radical (unpaired) electrons. The van der Waals surface area contributed by atoms with Crippen LogP contribution in [-0.4, -0.2) is 41.2 Å². The molecule has 0 bridgehead atoms. The summed E-state index contributed by atoms with van der Waals surface area (Å²) >= 11 is 1.17. The standard InChI is InChI=1S/C6H10O4S/c1-11-3-2-4(7)5(8)6(9)10/h2-5,7-8H,1H3,(H,9,10)/b3-2+/i2D,7D. The van der Waals surface area contributed by atoms with Crippen LogP contribution in [0.5, 0.6) is 0 Å². The van der Waals surface area contributed by atoms with Gasteiger partial charge in [-0.3, -0.25) is 0 Å². The summed E-state index contributed by atoms with van der Waals surface area (Å²) in [4.78, 5) is 10.3. The van der Waals surface area contributed by atoms with E-state index in [1.54, 1.807) is 6.26 Å². The molecule has 0 aromatic carbocycles. The predicted molar refractivity (Wildman–Crippen MR) is 42.3 cm³/mol. The van der Waals surface area contributed by atoms with E-state index >= 15 is 0 Å². The lowest BCUT2D eigenvalue weighted by molar-refractivity contribution is -0.150. The molecule has 0 spiro atoms. The maximum atomic E-state index is 10.3. The summed E-state index contributed by atoms with van der Waals surface area (Å²) in [5.74, 6) is -1.52. The molecule has 0 aromatic heterocycles. The maximum absolute atomic E-state index is 10.3. The molecule has 0 aliphatic rings. The Morgan fingerprint density at radius 2 is 2.55 bits per heavy atom. The van der Waals surface area contributed by atoms with Crippen LogP contribution in [0.3, 0.4) is 0 Å². The van der Waals surface area contributed by atoms with Gasteiger partial charge in [0.05, 0.1) is 1.37 Å². The first-order valence-corrected chi connectivity index (χ1v) is 4.05. The van der Waals surface area contributed by atoms with Crippen LogP contribution in [0, 0.1) is 0 Å².